The minimum atomic E-state index is -4.01. The number of hydrogen-bond donors (Lipinski definition) is 0. The van der Waals surface area contributed by atoms with E-state index in [2.05, 4.69) is 0 Å². The lowest BCUT2D eigenvalue weighted by Gasteiger charge is -2.17. The summed E-state index contributed by atoms with van der Waals surface area (Å²) in [5.74, 6) is -0.629. The van der Waals surface area contributed by atoms with Crippen molar-refractivity contribution in [1.29, 1.82) is 0 Å². The van der Waals surface area contributed by atoms with Crippen LogP contribution in [0.1, 0.15) is 12.8 Å². The summed E-state index contributed by atoms with van der Waals surface area (Å²) in [6.45, 7) is 0.324. The zero-order chi connectivity index (χ0) is 15.1. The second-order valence-corrected chi connectivity index (χ2v) is 9.12. The Kier molecular flexibility index (Phi) is 3.92. The molecule has 5 nitrogen and oxygen atoms in total. The number of nitrogens with zero attached hydrogens (tertiary/aromatic N) is 1. The van der Waals surface area contributed by atoms with E-state index in [9.17, 15) is 21.2 Å². The summed E-state index contributed by atoms with van der Waals surface area (Å²) in [6.07, 6.45) is 2.88. The Morgan fingerprint density at radius 2 is 1.85 bits per heavy atom. The number of hydrogen-bond acceptors (Lipinski definition) is 4. The fraction of sp³-hybridized carbons (Fsp3) is 0.500. The van der Waals surface area contributed by atoms with E-state index in [0.717, 1.165) is 41.6 Å². The fourth-order valence-corrected chi connectivity index (χ4v) is 3.90. The van der Waals surface area contributed by atoms with Crippen molar-refractivity contribution in [2.24, 2.45) is 5.92 Å². The minimum absolute atomic E-state index is 0.211. The van der Waals surface area contributed by atoms with Crippen molar-refractivity contribution < 1.29 is 21.2 Å². The first-order valence-corrected chi connectivity index (χ1v) is 9.41. The molecule has 112 valence electrons. The topological polar surface area (TPSA) is 71.5 Å². The molecule has 8 heteroatoms. The van der Waals surface area contributed by atoms with Crippen molar-refractivity contribution in [3.8, 4) is 0 Å². The van der Waals surface area contributed by atoms with E-state index < -0.39 is 30.6 Å². The van der Waals surface area contributed by atoms with Gasteiger partial charge in [-0.15, -0.1) is 0 Å². The molecule has 0 atom stereocenters. The maximum atomic E-state index is 13.8. The summed E-state index contributed by atoms with van der Waals surface area (Å²) in [5, 5.41) is 0. The zero-order valence-corrected chi connectivity index (χ0v) is 12.8. The number of halogens is 1. The Morgan fingerprint density at radius 3 is 2.35 bits per heavy atom. The molecule has 0 bridgehead atoms. The predicted molar refractivity (Wildman–Crippen MR) is 72.0 cm³/mol. The molecule has 1 aliphatic carbocycles. The van der Waals surface area contributed by atoms with E-state index >= 15 is 0 Å². The molecule has 0 saturated heterocycles. The molecule has 1 aromatic rings. The average Bonchev–Trinajstić information content (AvgIpc) is 3.11. The molecule has 1 fully saturated rings. The highest BCUT2D eigenvalue weighted by molar-refractivity contribution is 7.91. The molecule has 1 saturated carbocycles. The van der Waals surface area contributed by atoms with Crippen LogP contribution in [0.2, 0.25) is 0 Å². The Bertz CT molecular complexity index is 724. The van der Waals surface area contributed by atoms with Crippen LogP contribution in [0.3, 0.4) is 0 Å². The summed E-state index contributed by atoms with van der Waals surface area (Å²) < 4.78 is 62.3. The molecule has 20 heavy (non-hydrogen) atoms. The van der Waals surface area contributed by atoms with Crippen LogP contribution >= 0.6 is 0 Å². The molecule has 0 radical (unpaired) electrons. The molecule has 2 rings (SSSR count). The smallest absolute Gasteiger partial charge is 0.224 e. The average molecular weight is 321 g/mol. The van der Waals surface area contributed by atoms with Crippen LogP contribution in [0.4, 0.5) is 4.39 Å². The van der Waals surface area contributed by atoms with Crippen molar-refractivity contribution in [1.82, 2.24) is 4.31 Å². The Morgan fingerprint density at radius 1 is 1.25 bits per heavy atom. The number of rotatable bonds is 5. The van der Waals surface area contributed by atoms with Crippen molar-refractivity contribution in [3.63, 3.8) is 0 Å². The van der Waals surface area contributed by atoms with Gasteiger partial charge in [0, 0.05) is 19.8 Å². The third kappa shape index (κ3) is 3.18. The second-order valence-electron chi connectivity index (χ2n) is 5.09. The lowest BCUT2D eigenvalue weighted by atomic mass is 10.3. The van der Waals surface area contributed by atoms with E-state index in [-0.39, 0.29) is 4.90 Å². The molecule has 0 spiro atoms. The first kappa shape index (κ1) is 15.4. The van der Waals surface area contributed by atoms with Crippen LogP contribution in [0.5, 0.6) is 0 Å². The normalized spacial score (nSPS) is 16.6. The Hall–Kier alpha value is -0.990. The number of sulfonamides is 1. The number of benzene rings is 1. The van der Waals surface area contributed by atoms with E-state index in [1.165, 1.54) is 7.05 Å². The first-order valence-electron chi connectivity index (χ1n) is 6.08. The quantitative estimate of drug-likeness (QED) is 0.766. The molecule has 1 aliphatic rings. The Balaban J connectivity index is 2.44. The van der Waals surface area contributed by atoms with Gasteiger partial charge in [-0.05, 0) is 37.0 Å². The highest BCUT2D eigenvalue weighted by atomic mass is 32.2. The van der Waals surface area contributed by atoms with Crippen molar-refractivity contribution in [2.45, 2.75) is 22.6 Å². The van der Waals surface area contributed by atoms with E-state index in [4.69, 9.17) is 0 Å². The molecule has 0 aliphatic heterocycles. The van der Waals surface area contributed by atoms with Crippen LogP contribution in [0, 0.1) is 11.7 Å². The standard InChI is InChI=1S/C12H16FNO4S2/c1-14(8-9-3-4-9)20(17,18)12-7-10(19(2,15)16)5-6-11(12)13/h5-7,9H,3-4,8H2,1-2H3. The highest BCUT2D eigenvalue weighted by Gasteiger charge is 2.31. The van der Waals surface area contributed by atoms with Gasteiger partial charge < -0.3 is 0 Å². The zero-order valence-electron chi connectivity index (χ0n) is 11.2. The number of sulfone groups is 1. The van der Waals surface area contributed by atoms with Crippen LogP contribution in [-0.4, -0.2) is 41.0 Å². The van der Waals surface area contributed by atoms with Gasteiger partial charge in [0.25, 0.3) is 0 Å². The lowest BCUT2D eigenvalue weighted by molar-refractivity contribution is 0.447. The summed E-state index contributed by atoms with van der Waals surface area (Å²) in [7, 11) is -6.23. The van der Waals surface area contributed by atoms with Crippen molar-refractivity contribution >= 4 is 19.9 Å². The van der Waals surface area contributed by atoms with E-state index in [1.807, 2.05) is 0 Å². The molecule has 0 N–H and O–H groups in total. The van der Waals surface area contributed by atoms with Gasteiger partial charge in [0.15, 0.2) is 9.84 Å². The van der Waals surface area contributed by atoms with Crippen LogP contribution in [0.25, 0.3) is 0 Å². The fourth-order valence-electron chi connectivity index (χ4n) is 1.84. The van der Waals surface area contributed by atoms with Gasteiger partial charge in [0.05, 0.1) is 4.90 Å². The Labute approximate surface area is 118 Å². The van der Waals surface area contributed by atoms with Crippen LogP contribution < -0.4 is 0 Å². The third-order valence-corrected chi connectivity index (χ3v) is 6.18. The summed E-state index contributed by atoms with van der Waals surface area (Å²) in [6, 6.07) is 2.81. The van der Waals surface area contributed by atoms with Crippen molar-refractivity contribution in [2.75, 3.05) is 19.8 Å². The van der Waals surface area contributed by atoms with Gasteiger partial charge in [-0.1, -0.05) is 0 Å². The lowest BCUT2D eigenvalue weighted by Crippen LogP contribution is -2.29. The van der Waals surface area contributed by atoms with Gasteiger partial charge >= 0.3 is 0 Å². The van der Waals surface area contributed by atoms with E-state index in [0.29, 0.717) is 12.5 Å². The van der Waals surface area contributed by atoms with Crippen LogP contribution in [-0.2, 0) is 19.9 Å². The molecule has 0 amide bonds. The van der Waals surface area contributed by atoms with Gasteiger partial charge in [0.1, 0.15) is 10.7 Å². The van der Waals surface area contributed by atoms with Crippen molar-refractivity contribution in [3.05, 3.63) is 24.0 Å². The van der Waals surface area contributed by atoms with Crippen LogP contribution in [0.15, 0.2) is 28.0 Å². The third-order valence-electron chi connectivity index (χ3n) is 3.23. The van der Waals surface area contributed by atoms with Gasteiger partial charge in [-0.3, -0.25) is 0 Å². The van der Waals surface area contributed by atoms with E-state index in [1.54, 1.807) is 0 Å². The SMILES string of the molecule is CN(CC1CC1)S(=O)(=O)c1cc(S(C)(=O)=O)ccc1F. The predicted octanol–water partition coefficient (Wildman–Crippen LogP) is 1.26. The summed E-state index contributed by atoms with van der Waals surface area (Å²) in [5.41, 5.74) is 0. The molecule has 0 unspecified atom stereocenters. The van der Waals surface area contributed by atoms with Gasteiger partial charge in [0.2, 0.25) is 10.0 Å². The maximum Gasteiger partial charge on any atom is 0.245 e. The second kappa shape index (κ2) is 5.09. The summed E-state index contributed by atoms with van der Waals surface area (Å²) in [4.78, 5) is -0.805. The molecular weight excluding hydrogens is 305 g/mol. The maximum absolute atomic E-state index is 13.8. The van der Waals surface area contributed by atoms with Gasteiger partial charge in [-0.25, -0.2) is 25.5 Å². The van der Waals surface area contributed by atoms with Gasteiger partial charge in [-0.2, -0.15) is 0 Å². The largest absolute Gasteiger partial charge is 0.245 e. The minimum Gasteiger partial charge on any atom is -0.224 e. The highest BCUT2D eigenvalue weighted by Crippen LogP contribution is 2.31. The molecule has 0 aromatic heterocycles. The summed E-state index contributed by atoms with van der Waals surface area (Å²) >= 11 is 0. The molecular formula is C12H16FNO4S2. The monoisotopic (exact) mass is 321 g/mol. The molecule has 0 heterocycles. The molecule has 1 aromatic carbocycles. The first-order chi connectivity index (χ1) is 9.12.